The van der Waals surface area contributed by atoms with Crippen LogP contribution in [0.2, 0.25) is 0 Å². The van der Waals surface area contributed by atoms with Gasteiger partial charge in [-0.05, 0) is 24.1 Å². The number of nitrogens with zero attached hydrogens (tertiary/aromatic N) is 4. The van der Waals surface area contributed by atoms with E-state index in [-0.39, 0.29) is 24.2 Å². The number of β-amino-alcohol motifs (C(OH)–C–C–N with tert-alkyl or cyclic N) is 1. The molecule has 0 spiro atoms. The first kappa shape index (κ1) is 22.8. The van der Waals surface area contributed by atoms with E-state index in [0.29, 0.717) is 75.7 Å². The van der Waals surface area contributed by atoms with Crippen LogP contribution in [0.15, 0.2) is 30.0 Å². The molecular formula is C23H31FN4O4. The van der Waals surface area contributed by atoms with Gasteiger partial charge in [0.2, 0.25) is 0 Å². The smallest absolute Gasteiger partial charge is 0.277 e. The highest BCUT2D eigenvalue weighted by Gasteiger charge is 2.41. The lowest BCUT2D eigenvalue weighted by Crippen LogP contribution is -2.48. The molecule has 0 atom stereocenters. The third kappa shape index (κ3) is 5.01. The minimum atomic E-state index is -0.382. The highest BCUT2D eigenvalue weighted by atomic mass is 19.1. The van der Waals surface area contributed by atoms with E-state index in [1.807, 2.05) is 4.90 Å². The van der Waals surface area contributed by atoms with Crippen molar-refractivity contribution in [2.45, 2.75) is 6.42 Å². The number of imide groups is 1. The quantitative estimate of drug-likeness (QED) is 0.574. The number of aliphatic hydroxyl groups is 1. The van der Waals surface area contributed by atoms with Crippen molar-refractivity contribution in [1.82, 2.24) is 19.6 Å². The Morgan fingerprint density at radius 2 is 1.50 bits per heavy atom. The lowest BCUT2D eigenvalue weighted by molar-refractivity contribution is -0.137. The largest absolute Gasteiger partial charge is 0.395 e. The first-order chi connectivity index (χ1) is 15.6. The summed E-state index contributed by atoms with van der Waals surface area (Å²) in [5, 5.41) is 9.19. The minimum Gasteiger partial charge on any atom is -0.395 e. The Balaban J connectivity index is 1.51. The molecule has 0 radical (unpaired) electrons. The fourth-order valence-corrected chi connectivity index (χ4v) is 4.55. The molecule has 3 aliphatic rings. The SMILES string of the molecule is O=C1C(c2ccc(F)cc2)=C(N2CCN(CCO)CC2)C(=O)N1CCCN1CCOCC1. The van der Waals surface area contributed by atoms with Gasteiger partial charge in [-0.2, -0.15) is 0 Å². The number of ether oxygens (including phenoxy) is 1. The number of carbonyl (C=O) groups is 2. The summed E-state index contributed by atoms with van der Waals surface area (Å²) in [6.07, 6.45) is 0.700. The number of carbonyl (C=O) groups excluding carboxylic acids is 2. The summed E-state index contributed by atoms with van der Waals surface area (Å²) in [4.78, 5) is 34.5. The van der Waals surface area contributed by atoms with Crippen LogP contribution in [0.1, 0.15) is 12.0 Å². The van der Waals surface area contributed by atoms with E-state index in [0.717, 1.165) is 19.6 Å². The summed E-state index contributed by atoms with van der Waals surface area (Å²) in [6.45, 7) is 7.62. The molecule has 1 N–H and O–H groups in total. The van der Waals surface area contributed by atoms with Crippen LogP contribution in [0, 0.1) is 5.82 Å². The second-order valence-corrected chi connectivity index (χ2v) is 8.35. The summed E-state index contributed by atoms with van der Waals surface area (Å²) in [5.74, 6) is -0.962. The lowest BCUT2D eigenvalue weighted by Gasteiger charge is -2.36. The van der Waals surface area contributed by atoms with Gasteiger partial charge in [0.25, 0.3) is 11.8 Å². The predicted molar refractivity (Wildman–Crippen MR) is 117 cm³/mol. The molecule has 1 aromatic carbocycles. The zero-order chi connectivity index (χ0) is 22.5. The van der Waals surface area contributed by atoms with Gasteiger partial charge < -0.3 is 14.7 Å². The first-order valence-corrected chi connectivity index (χ1v) is 11.3. The number of piperazine rings is 1. The van der Waals surface area contributed by atoms with Crippen LogP contribution in [0.4, 0.5) is 4.39 Å². The Bertz CT molecular complexity index is 846. The van der Waals surface area contributed by atoms with Crippen molar-refractivity contribution in [1.29, 1.82) is 0 Å². The van der Waals surface area contributed by atoms with Crippen LogP contribution in [-0.4, -0.2) is 115 Å². The molecule has 2 saturated heterocycles. The van der Waals surface area contributed by atoms with Crippen molar-refractivity contribution in [2.75, 3.05) is 78.7 Å². The maximum Gasteiger partial charge on any atom is 0.277 e. The molecule has 0 aromatic heterocycles. The van der Waals surface area contributed by atoms with Gasteiger partial charge in [-0.3, -0.25) is 24.3 Å². The maximum absolute atomic E-state index is 13.5. The molecule has 0 saturated carbocycles. The van der Waals surface area contributed by atoms with Crippen molar-refractivity contribution >= 4 is 17.4 Å². The van der Waals surface area contributed by atoms with Crippen LogP contribution in [0.3, 0.4) is 0 Å². The Morgan fingerprint density at radius 3 is 2.16 bits per heavy atom. The molecule has 32 heavy (non-hydrogen) atoms. The molecule has 9 heteroatoms. The van der Waals surface area contributed by atoms with Gasteiger partial charge >= 0.3 is 0 Å². The Hall–Kier alpha value is -2.33. The number of hydrogen-bond donors (Lipinski definition) is 1. The van der Waals surface area contributed by atoms with Crippen LogP contribution >= 0.6 is 0 Å². The number of amides is 2. The highest BCUT2D eigenvalue weighted by Crippen LogP contribution is 2.32. The second-order valence-electron chi connectivity index (χ2n) is 8.35. The predicted octanol–water partition coefficient (Wildman–Crippen LogP) is 0.238. The van der Waals surface area contributed by atoms with Gasteiger partial charge in [-0.1, -0.05) is 12.1 Å². The summed E-state index contributed by atoms with van der Waals surface area (Å²) in [5.41, 5.74) is 1.34. The Labute approximate surface area is 187 Å². The monoisotopic (exact) mass is 446 g/mol. The van der Waals surface area contributed by atoms with E-state index in [1.54, 1.807) is 12.1 Å². The normalized spacial score (nSPS) is 21.2. The molecule has 4 rings (SSSR count). The zero-order valence-electron chi connectivity index (χ0n) is 18.3. The average molecular weight is 447 g/mol. The molecule has 8 nitrogen and oxygen atoms in total. The van der Waals surface area contributed by atoms with Crippen molar-refractivity contribution in [3.05, 3.63) is 41.3 Å². The van der Waals surface area contributed by atoms with Gasteiger partial charge in [0.05, 0.1) is 25.4 Å². The van der Waals surface area contributed by atoms with Crippen molar-refractivity contribution in [3.8, 4) is 0 Å². The Kier molecular flexibility index (Phi) is 7.51. The maximum atomic E-state index is 13.5. The number of aliphatic hydroxyl groups excluding tert-OH is 1. The van der Waals surface area contributed by atoms with Gasteiger partial charge in [-0.15, -0.1) is 0 Å². The lowest BCUT2D eigenvalue weighted by atomic mass is 10.0. The molecule has 0 unspecified atom stereocenters. The van der Waals surface area contributed by atoms with Crippen LogP contribution in [-0.2, 0) is 14.3 Å². The molecule has 2 amide bonds. The molecule has 0 aliphatic carbocycles. The molecule has 2 fully saturated rings. The molecular weight excluding hydrogens is 415 g/mol. The van der Waals surface area contributed by atoms with Crippen LogP contribution in [0.25, 0.3) is 5.57 Å². The number of halogens is 1. The van der Waals surface area contributed by atoms with E-state index in [4.69, 9.17) is 4.74 Å². The number of benzene rings is 1. The molecule has 0 bridgehead atoms. The number of hydrogen-bond acceptors (Lipinski definition) is 7. The number of rotatable bonds is 8. The summed E-state index contributed by atoms with van der Waals surface area (Å²) >= 11 is 0. The standard InChI is InChI=1S/C23H31FN4O4/c24-19-4-2-18(3-5-19)20-21(27-10-8-26(9-11-27)12-15-29)23(31)28(22(20)30)7-1-6-25-13-16-32-17-14-25/h2-5,29H,1,6-17H2. The van der Waals surface area contributed by atoms with E-state index in [9.17, 15) is 19.1 Å². The summed E-state index contributed by atoms with van der Waals surface area (Å²) < 4.78 is 18.9. The second kappa shape index (κ2) is 10.5. The van der Waals surface area contributed by atoms with Gasteiger partial charge in [0.15, 0.2) is 0 Å². The average Bonchev–Trinajstić information content (AvgIpc) is 3.06. The van der Waals surface area contributed by atoms with Crippen molar-refractivity contribution in [2.24, 2.45) is 0 Å². The fraction of sp³-hybridized carbons (Fsp3) is 0.565. The molecule has 3 aliphatic heterocycles. The van der Waals surface area contributed by atoms with Crippen molar-refractivity contribution < 1.29 is 23.8 Å². The van der Waals surface area contributed by atoms with E-state index < -0.39 is 0 Å². The summed E-state index contributed by atoms with van der Waals surface area (Å²) in [6, 6.07) is 5.76. The fourth-order valence-electron chi connectivity index (χ4n) is 4.55. The van der Waals surface area contributed by atoms with Gasteiger partial charge in [0.1, 0.15) is 11.5 Å². The molecule has 1 aromatic rings. The Morgan fingerprint density at radius 1 is 0.844 bits per heavy atom. The third-order valence-electron chi connectivity index (χ3n) is 6.34. The minimum absolute atomic E-state index is 0.0951. The number of morpholine rings is 1. The van der Waals surface area contributed by atoms with Crippen LogP contribution in [0.5, 0.6) is 0 Å². The molecule has 174 valence electrons. The van der Waals surface area contributed by atoms with Gasteiger partial charge in [-0.25, -0.2) is 4.39 Å². The van der Waals surface area contributed by atoms with E-state index >= 15 is 0 Å². The topological polar surface area (TPSA) is 76.6 Å². The highest BCUT2D eigenvalue weighted by molar-refractivity contribution is 6.35. The van der Waals surface area contributed by atoms with E-state index in [2.05, 4.69) is 9.80 Å². The third-order valence-corrected chi connectivity index (χ3v) is 6.34. The van der Waals surface area contributed by atoms with E-state index in [1.165, 1.54) is 17.0 Å². The van der Waals surface area contributed by atoms with Crippen LogP contribution < -0.4 is 0 Å². The molecule has 3 heterocycles. The van der Waals surface area contributed by atoms with Crippen molar-refractivity contribution in [3.63, 3.8) is 0 Å². The summed E-state index contributed by atoms with van der Waals surface area (Å²) in [7, 11) is 0. The zero-order valence-corrected chi connectivity index (χ0v) is 18.3. The van der Waals surface area contributed by atoms with Gasteiger partial charge in [0, 0.05) is 58.9 Å². The first-order valence-electron chi connectivity index (χ1n) is 11.3.